The van der Waals surface area contributed by atoms with E-state index in [9.17, 15) is 4.79 Å². The van der Waals surface area contributed by atoms with Gasteiger partial charge in [-0.3, -0.25) is 4.98 Å². The number of benzene rings is 2. The summed E-state index contributed by atoms with van der Waals surface area (Å²) in [6.07, 6.45) is 6.76. The van der Waals surface area contributed by atoms with E-state index >= 15 is 0 Å². The number of anilines is 1. The van der Waals surface area contributed by atoms with Gasteiger partial charge in [-0.1, -0.05) is 43.3 Å². The lowest BCUT2D eigenvalue weighted by atomic mass is 9.92. The zero-order valence-electron chi connectivity index (χ0n) is 17.3. The fourth-order valence-electron chi connectivity index (χ4n) is 3.83. The van der Waals surface area contributed by atoms with Crippen LogP contribution >= 0.6 is 0 Å². The summed E-state index contributed by atoms with van der Waals surface area (Å²) in [5.74, 6) is -0.00184. The highest BCUT2D eigenvalue weighted by Gasteiger charge is 2.20. The number of aromatic nitrogens is 2. The minimum Gasteiger partial charge on any atom is -0.350 e. The van der Waals surface area contributed by atoms with Crippen LogP contribution in [0.4, 0.5) is 10.5 Å². The molecule has 2 N–H and O–H groups in total. The molecule has 0 spiro atoms. The number of nitrogens with zero attached hydrogens (tertiary/aromatic N) is 2. The van der Waals surface area contributed by atoms with Crippen molar-refractivity contribution in [1.29, 1.82) is 0 Å². The maximum absolute atomic E-state index is 12.6. The zero-order valence-corrected chi connectivity index (χ0v) is 17.3. The van der Waals surface area contributed by atoms with Crippen molar-refractivity contribution in [3.63, 3.8) is 0 Å². The molecule has 5 heteroatoms. The molecule has 2 heterocycles. The molecule has 152 valence electrons. The molecule has 0 saturated carbocycles. The molecule has 0 saturated heterocycles. The SMILES string of the molecule is CCc1ccc(NC(=O)NC[C@H](c2cccnc2)c2cn(C)c3ccccc23)cc1. The van der Waals surface area contributed by atoms with E-state index in [1.54, 1.807) is 6.20 Å². The summed E-state index contributed by atoms with van der Waals surface area (Å²) in [5.41, 5.74) is 5.44. The monoisotopic (exact) mass is 398 g/mol. The fraction of sp³-hybridized carbons (Fsp3) is 0.200. The molecule has 2 aromatic carbocycles. The minimum absolute atomic E-state index is 0.00184. The number of para-hydroxylation sites is 1. The summed E-state index contributed by atoms with van der Waals surface area (Å²) in [7, 11) is 2.05. The van der Waals surface area contributed by atoms with Crippen LogP contribution in [-0.4, -0.2) is 22.1 Å². The van der Waals surface area contributed by atoms with Crippen LogP contribution in [-0.2, 0) is 13.5 Å². The molecule has 0 aliphatic carbocycles. The Morgan fingerprint density at radius 3 is 2.60 bits per heavy atom. The van der Waals surface area contributed by atoms with Gasteiger partial charge in [0.15, 0.2) is 0 Å². The number of hydrogen-bond acceptors (Lipinski definition) is 2. The lowest BCUT2D eigenvalue weighted by Crippen LogP contribution is -2.32. The van der Waals surface area contributed by atoms with Gasteiger partial charge in [-0.25, -0.2) is 4.79 Å². The van der Waals surface area contributed by atoms with Crippen molar-refractivity contribution in [3.05, 3.63) is 95.9 Å². The van der Waals surface area contributed by atoms with Gasteiger partial charge < -0.3 is 15.2 Å². The Kier molecular flexibility index (Phi) is 5.80. The van der Waals surface area contributed by atoms with Gasteiger partial charge in [-0.15, -0.1) is 0 Å². The van der Waals surface area contributed by atoms with Crippen molar-refractivity contribution < 1.29 is 4.79 Å². The minimum atomic E-state index is -0.214. The van der Waals surface area contributed by atoms with E-state index in [1.165, 1.54) is 22.0 Å². The molecule has 4 rings (SSSR count). The summed E-state index contributed by atoms with van der Waals surface area (Å²) in [5, 5.41) is 7.15. The van der Waals surface area contributed by atoms with Crippen LogP contribution in [0.5, 0.6) is 0 Å². The highest BCUT2D eigenvalue weighted by molar-refractivity contribution is 5.89. The first-order valence-electron chi connectivity index (χ1n) is 10.2. The van der Waals surface area contributed by atoms with Crippen molar-refractivity contribution in [1.82, 2.24) is 14.9 Å². The predicted octanol–water partition coefficient (Wildman–Crippen LogP) is 5.09. The third-order valence-electron chi connectivity index (χ3n) is 5.48. The number of amides is 2. The Balaban J connectivity index is 1.55. The van der Waals surface area contributed by atoms with Gasteiger partial charge >= 0.3 is 6.03 Å². The molecule has 0 aliphatic rings. The third-order valence-corrected chi connectivity index (χ3v) is 5.48. The molecule has 0 aliphatic heterocycles. The first-order valence-corrected chi connectivity index (χ1v) is 10.2. The second-order valence-electron chi connectivity index (χ2n) is 7.44. The third kappa shape index (κ3) is 4.20. The Labute approximate surface area is 176 Å². The Hall–Kier alpha value is -3.60. The molecule has 2 aromatic heterocycles. The van der Waals surface area contributed by atoms with Crippen LogP contribution in [0.25, 0.3) is 10.9 Å². The van der Waals surface area contributed by atoms with Crippen LogP contribution in [0.2, 0.25) is 0 Å². The average Bonchev–Trinajstić information content (AvgIpc) is 3.12. The Morgan fingerprint density at radius 2 is 1.87 bits per heavy atom. The summed E-state index contributed by atoms with van der Waals surface area (Å²) in [6.45, 7) is 2.58. The van der Waals surface area contributed by atoms with Crippen molar-refractivity contribution in [2.75, 3.05) is 11.9 Å². The normalized spacial score (nSPS) is 11.9. The van der Waals surface area contributed by atoms with Crippen LogP contribution in [0, 0.1) is 0 Å². The molecule has 0 unspecified atom stereocenters. The van der Waals surface area contributed by atoms with Gasteiger partial charge in [0, 0.05) is 54.7 Å². The standard InChI is InChI=1S/C25H26N4O/c1-3-18-10-12-20(13-11-18)28-25(30)27-16-22(19-7-6-14-26-15-19)23-17-29(2)24-9-5-4-8-21(23)24/h4-15,17,22H,3,16H2,1-2H3,(H2,27,28,30)/t22-/m1/s1. The number of carbonyl (C=O) groups is 1. The smallest absolute Gasteiger partial charge is 0.319 e. The van der Waals surface area contributed by atoms with Gasteiger partial charge in [-0.2, -0.15) is 0 Å². The predicted molar refractivity (Wildman–Crippen MR) is 122 cm³/mol. The lowest BCUT2D eigenvalue weighted by Gasteiger charge is -2.18. The maximum Gasteiger partial charge on any atom is 0.319 e. The van der Waals surface area contributed by atoms with Crippen molar-refractivity contribution in [2.45, 2.75) is 19.3 Å². The molecule has 4 aromatic rings. The number of urea groups is 1. The fourth-order valence-corrected chi connectivity index (χ4v) is 3.83. The van der Waals surface area contributed by atoms with E-state index in [-0.39, 0.29) is 11.9 Å². The number of rotatable bonds is 6. The summed E-state index contributed by atoms with van der Waals surface area (Å²) >= 11 is 0. The quantitative estimate of drug-likeness (QED) is 0.475. The van der Waals surface area contributed by atoms with E-state index < -0.39 is 0 Å². The molecule has 0 radical (unpaired) electrons. The number of aryl methyl sites for hydroxylation is 2. The number of hydrogen-bond donors (Lipinski definition) is 2. The number of fused-ring (bicyclic) bond motifs is 1. The molecule has 5 nitrogen and oxygen atoms in total. The second kappa shape index (κ2) is 8.82. The summed E-state index contributed by atoms with van der Waals surface area (Å²) < 4.78 is 2.13. The van der Waals surface area contributed by atoms with Crippen LogP contribution in [0.1, 0.15) is 29.5 Å². The Bertz CT molecular complexity index is 1130. The largest absolute Gasteiger partial charge is 0.350 e. The van der Waals surface area contributed by atoms with E-state index in [2.05, 4.69) is 51.5 Å². The van der Waals surface area contributed by atoms with Crippen LogP contribution in [0.3, 0.4) is 0 Å². The number of pyridine rings is 1. The number of carbonyl (C=O) groups excluding carboxylic acids is 1. The highest BCUT2D eigenvalue weighted by atomic mass is 16.2. The topological polar surface area (TPSA) is 59.0 Å². The van der Waals surface area contributed by atoms with Crippen molar-refractivity contribution >= 4 is 22.6 Å². The Morgan fingerprint density at radius 1 is 1.07 bits per heavy atom. The van der Waals surface area contributed by atoms with E-state index in [0.717, 1.165) is 17.7 Å². The molecule has 1 atom stereocenters. The van der Waals surface area contributed by atoms with Gasteiger partial charge in [0.05, 0.1) is 0 Å². The van der Waals surface area contributed by atoms with Gasteiger partial charge in [0.25, 0.3) is 0 Å². The van der Waals surface area contributed by atoms with E-state index in [0.29, 0.717) is 6.54 Å². The lowest BCUT2D eigenvalue weighted by molar-refractivity contribution is 0.252. The van der Waals surface area contributed by atoms with Crippen molar-refractivity contribution in [2.24, 2.45) is 7.05 Å². The van der Waals surface area contributed by atoms with E-state index in [4.69, 9.17) is 0 Å². The average molecular weight is 399 g/mol. The molecule has 30 heavy (non-hydrogen) atoms. The molecular weight excluding hydrogens is 372 g/mol. The zero-order chi connectivity index (χ0) is 20.9. The highest BCUT2D eigenvalue weighted by Crippen LogP contribution is 2.31. The van der Waals surface area contributed by atoms with E-state index in [1.807, 2.05) is 55.7 Å². The maximum atomic E-state index is 12.6. The van der Waals surface area contributed by atoms with Crippen LogP contribution < -0.4 is 10.6 Å². The molecule has 2 amide bonds. The summed E-state index contributed by atoms with van der Waals surface area (Å²) in [4.78, 5) is 16.9. The number of nitrogens with one attached hydrogen (secondary N) is 2. The van der Waals surface area contributed by atoms with Gasteiger partial charge in [0.1, 0.15) is 0 Å². The molecule has 0 bridgehead atoms. The first-order chi connectivity index (χ1) is 14.7. The summed E-state index contributed by atoms with van der Waals surface area (Å²) in [6, 6.07) is 20.0. The van der Waals surface area contributed by atoms with Crippen LogP contribution in [0.15, 0.2) is 79.3 Å². The second-order valence-corrected chi connectivity index (χ2v) is 7.44. The first kappa shape index (κ1) is 19.7. The molecular formula is C25H26N4O. The van der Waals surface area contributed by atoms with Crippen molar-refractivity contribution in [3.8, 4) is 0 Å². The molecule has 0 fully saturated rings. The van der Waals surface area contributed by atoms with Gasteiger partial charge in [-0.05, 0) is 47.4 Å². The van der Waals surface area contributed by atoms with Gasteiger partial charge in [0.2, 0.25) is 0 Å².